The number of carbonyl (C=O) groups excluding carboxylic acids is 1. The van der Waals surface area contributed by atoms with Gasteiger partial charge in [-0.3, -0.25) is 14.9 Å². The average Bonchev–Trinajstić information content (AvgIpc) is 3.67. The Morgan fingerprint density at radius 1 is 1.03 bits per heavy atom. The van der Waals surface area contributed by atoms with Crippen LogP contribution in [0.2, 0.25) is 0 Å². The molecule has 3 fully saturated rings. The highest BCUT2D eigenvalue weighted by Crippen LogP contribution is 2.41. The first kappa shape index (κ1) is 23.4. The van der Waals surface area contributed by atoms with Gasteiger partial charge in [0.25, 0.3) is 5.91 Å². The van der Waals surface area contributed by atoms with Crippen molar-refractivity contribution in [3.8, 4) is 17.0 Å². The molecule has 0 radical (unpaired) electrons. The molecule has 2 aliphatic heterocycles. The van der Waals surface area contributed by atoms with E-state index in [-0.39, 0.29) is 18.1 Å². The van der Waals surface area contributed by atoms with Crippen LogP contribution >= 0.6 is 0 Å². The number of hydrogen-bond acceptors (Lipinski definition) is 5. The molecule has 2 aromatic carbocycles. The predicted octanol–water partition coefficient (Wildman–Crippen LogP) is 5.51. The molecule has 7 heteroatoms. The molecule has 4 aromatic rings. The zero-order chi connectivity index (χ0) is 25.6. The second-order valence-corrected chi connectivity index (χ2v) is 11.2. The maximum absolute atomic E-state index is 13.3. The quantitative estimate of drug-likeness (QED) is 0.345. The maximum atomic E-state index is 13.3. The second kappa shape index (κ2) is 9.55. The Morgan fingerprint density at radius 3 is 2.53 bits per heavy atom. The fraction of sp³-hybridized carbons (Fsp3) is 0.387. The van der Waals surface area contributed by atoms with E-state index in [0.717, 1.165) is 59.3 Å². The van der Waals surface area contributed by atoms with E-state index in [4.69, 9.17) is 4.74 Å². The predicted molar refractivity (Wildman–Crippen MR) is 147 cm³/mol. The van der Waals surface area contributed by atoms with Crippen molar-refractivity contribution in [1.82, 2.24) is 25.4 Å². The lowest BCUT2D eigenvalue weighted by molar-refractivity contribution is 0.0662. The average molecular weight is 508 g/mol. The molecule has 2 N–H and O–H groups in total. The highest BCUT2D eigenvalue weighted by atomic mass is 16.5. The molecule has 3 aliphatic rings. The number of amides is 1. The Labute approximate surface area is 222 Å². The third-order valence-corrected chi connectivity index (χ3v) is 8.70. The number of hydrogen-bond donors (Lipinski definition) is 2. The van der Waals surface area contributed by atoms with E-state index < -0.39 is 0 Å². The summed E-state index contributed by atoms with van der Waals surface area (Å²) < 4.78 is 6.38. The normalized spacial score (nSPS) is 23.9. The third kappa shape index (κ3) is 4.45. The van der Waals surface area contributed by atoms with Crippen molar-refractivity contribution in [2.75, 3.05) is 7.05 Å². The molecular formula is C31H33N5O2. The molecule has 0 spiro atoms. The molecule has 4 heterocycles. The van der Waals surface area contributed by atoms with Gasteiger partial charge >= 0.3 is 0 Å². The largest absolute Gasteiger partial charge is 0.490 e. The van der Waals surface area contributed by atoms with Gasteiger partial charge in [-0.2, -0.15) is 5.10 Å². The number of aromatic nitrogens is 3. The van der Waals surface area contributed by atoms with Crippen LogP contribution in [-0.4, -0.2) is 51.2 Å². The van der Waals surface area contributed by atoms with Crippen LogP contribution < -0.4 is 10.1 Å². The Kier molecular flexibility index (Phi) is 5.88. The first-order chi connectivity index (χ1) is 18.6. The molecule has 7 rings (SSSR count). The standard InChI is InChI=1S/C31H33N5O2/c1-36-22-10-11-23(36)18-25(17-22)38-24-12-7-19(8-13-24)29-26-16-21(9-14-27(26)34-35-29)31(37)33-30(20-5-6-20)28-4-2-3-15-32-28/h2-4,7-9,12-16,20,22-23,25,30H,5-6,10-11,17-18H2,1H3,(H,33,37)(H,34,35)/t22-,23+,25+,30-/m0/s1. The number of benzene rings is 2. The summed E-state index contributed by atoms with van der Waals surface area (Å²) in [6, 6.07) is 21.0. The number of ether oxygens (including phenoxy) is 1. The van der Waals surface area contributed by atoms with Gasteiger partial charge in [0, 0.05) is 34.8 Å². The minimum atomic E-state index is -0.0857. The first-order valence-electron chi connectivity index (χ1n) is 13.8. The summed E-state index contributed by atoms with van der Waals surface area (Å²) in [5.41, 5.74) is 4.28. The molecule has 1 aliphatic carbocycles. The minimum absolute atomic E-state index is 0.0597. The monoisotopic (exact) mass is 507 g/mol. The smallest absolute Gasteiger partial charge is 0.251 e. The van der Waals surface area contributed by atoms with E-state index in [9.17, 15) is 4.79 Å². The summed E-state index contributed by atoms with van der Waals surface area (Å²) in [7, 11) is 2.25. The number of aromatic amines is 1. The SMILES string of the molecule is CN1[C@@H]2CC[C@H]1C[C@@H](Oc1ccc(-c3n[nH]c4ccc(C(=O)N[C@H](c5ccccn5)C5CC5)cc34)cc1)C2. The Morgan fingerprint density at radius 2 is 1.82 bits per heavy atom. The third-order valence-electron chi connectivity index (χ3n) is 8.70. The molecule has 7 nitrogen and oxygen atoms in total. The molecule has 194 valence electrons. The van der Waals surface area contributed by atoms with E-state index >= 15 is 0 Å². The van der Waals surface area contributed by atoms with Gasteiger partial charge in [-0.25, -0.2) is 0 Å². The number of nitrogens with one attached hydrogen (secondary N) is 2. The molecule has 38 heavy (non-hydrogen) atoms. The topological polar surface area (TPSA) is 83.1 Å². The van der Waals surface area contributed by atoms with Gasteiger partial charge < -0.3 is 15.0 Å². The highest BCUT2D eigenvalue weighted by Gasteiger charge is 2.39. The van der Waals surface area contributed by atoms with E-state index in [0.29, 0.717) is 23.6 Å². The van der Waals surface area contributed by atoms with E-state index in [1.54, 1.807) is 6.20 Å². The van der Waals surface area contributed by atoms with Crippen LogP contribution in [0.3, 0.4) is 0 Å². The van der Waals surface area contributed by atoms with Crippen molar-refractivity contribution in [3.05, 3.63) is 78.1 Å². The van der Waals surface area contributed by atoms with Crippen molar-refractivity contribution >= 4 is 16.8 Å². The maximum Gasteiger partial charge on any atom is 0.251 e. The van der Waals surface area contributed by atoms with Crippen molar-refractivity contribution < 1.29 is 9.53 Å². The van der Waals surface area contributed by atoms with Crippen molar-refractivity contribution in [2.24, 2.45) is 5.92 Å². The van der Waals surface area contributed by atoms with Gasteiger partial charge in [-0.1, -0.05) is 6.07 Å². The number of carbonyl (C=O) groups is 1. The van der Waals surface area contributed by atoms with E-state index in [2.05, 4.69) is 44.6 Å². The van der Waals surface area contributed by atoms with Crippen LogP contribution in [0, 0.1) is 5.92 Å². The number of piperidine rings is 1. The summed E-state index contributed by atoms with van der Waals surface area (Å²) in [6.07, 6.45) is 9.09. The number of nitrogens with zero attached hydrogens (tertiary/aromatic N) is 3. The van der Waals surface area contributed by atoms with Crippen LogP contribution in [0.5, 0.6) is 5.75 Å². The van der Waals surface area contributed by atoms with Crippen LogP contribution in [0.15, 0.2) is 66.9 Å². The molecule has 2 aromatic heterocycles. The Balaban J connectivity index is 1.08. The lowest BCUT2D eigenvalue weighted by Gasteiger charge is -2.36. The van der Waals surface area contributed by atoms with Crippen LogP contribution in [-0.2, 0) is 0 Å². The zero-order valence-corrected chi connectivity index (χ0v) is 21.6. The summed E-state index contributed by atoms with van der Waals surface area (Å²) in [6.45, 7) is 0. The van der Waals surface area contributed by atoms with E-state index in [1.165, 1.54) is 12.8 Å². The number of fused-ring (bicyclic) bond motifs is 3. The highest BCUT2D eigenvalue weighted by molar-refractivity contribution is 6.01. The molecule has 1 amide bonds. The summed E-state index contributed by atoms with van der Waals surface area (Å²) in [4.78, 5) is 20.3. The van der Waals surface area contributed by atoms with Gasteiger partial charge in [-0.05, 0) is 106 Å². The molecule has 0 unspecified atom stereocenters. The fourth-order valence-corrected chi connectivity index (χ4v) is 6.36. The van der Waals surface area contributed by atoms with Gasteiger partial charge in [0.2, 0.25) is 0 Å². The minimum Gasteiger partial charge on any atom is -0.490 e. The number of rotatable bonds is 7. The number of pyridine rings is 1. The van der Waals surface area contributed by atoms with Crippen molar-refractivity contribution in [1.29, 1.82) is 0 Å². The van der Waals surface area contributed by atoms with Crippen molar-refractivity contribution in [2.45, 2.75) is 62.8 Å². The molecule has 1 saturated carbocycles. The zero-order valence-electron chi connectivity index (χ0n) is 21.6. The van der Waals surface area contributed by atoms with Gasteiger partial charge in [-0.15, -0.1) is 0 Å². The van der Waals surface area contributed by atoms with Gasteiger partial charge in [0.1, 0.15) is 11.9 Å². The lowest BCUT2D eigenvalue weighted by Crippen LogP contribution is -2.43. The van der Waals surface area contributed by atoms with Gasteiger partial charge in [0.15, 0.2) is 0 Å². The van der Waals surface area contributed by atoms with Gasteiger partial charge in [0.05, 0.1) is 22.9 Å². The Hall–Kier alpha value is -3.71. The van der Waals surface area contributed by atoms with Crippen molar-refractivity contribution in [3.63, 3.8) is 0 Å². The first-order valence-corrected chi connectivity index (χ1v) is 13.8. The summed E-state index contributed by atoms with van der Waals surface area (Å²) in [5, 5.41) is 11.9. The van der Waals surface area contributed by atoms with Crippen LogP contribution in [0.25, 0.3) is 22.2 Å². The Bertz CT molecular complexity index is 1430. The molecule has 2 bridgehead atoms. The summed E-state index contributed by atoms with van der Waals surface area (Å²) >= 11 is 0. The number of H-pyrrole nitrogens is 1. The molecule has 2 saturated heterocycles. The fourth-order valence-electron chi connectivity index (χ4n) is 6.36. The molecular weight excluding hydrogens is 474 g/mol. The van der Waals surface area contributed by atoms with E-state index in [1.807, 2.05) is 48.5 Å². The van der Waals surface area contributed by atoms with Crippen LogP contribution in [0.4, 0.5) is 0 Å². The lowest BCUT2D eigenvalue weighted by atomic mass is 10.0. The summed E-state index contributed by atoms with van der Waals surface area (Å²) in [5.74, 6) is 1.27. The van der Waals surface area contributed by atoms with Crippen LogP contribution in [0.1, 0.15) is 60.6 Å². The molecule has 4 atom stereocenters. The second-order valence-electron chi connectivity index (χ2n) is 11.2.